The largest absolute Gasteiger partial charge is 0.341 e. The Kier molecular flexibility index (Phi) is 4.80. The number of hydrogen-bond donors (Lipinski definition) is 1. The predicted molar refractivity (Wildman–Crippen MR) is 68.9 cm³/mol. The van der Waals surface area contributed by atoms with Gasteiger partial charge in [-0.15, -0.1) is 0 Å². The van der Waals surface area contributed by atoms with Crippen molar-refractivity contribution < 1.29 is 4.79 Å². The number of rotatable bonds is 2. The SMILES string of the molecule is CN1CCCN(C(=O)CC2CCCNC2)CC1. The molecule has 0 aromatic heterocycles. The Balaban J connectivity index is 1.77. The van der Waals surface area contributed by atoms with Crippen LogP contribution in [0, 0.1) is 5.92 Å². The molecule has 2 rings (SSSR count). The smallest absolute Gasteiger partial charge is 0.222 e. The first kappa shape index (κ1) is 12.8. The highest BCUT2D eigenvalue weighted by atomic mass is 16.2. The van der Waals surface area contributed by atoms with Crippen LogP contribution in [-0.4, -0.2) is 62.0 Å². The average Bonchev–Trinajstić information content (AvgIpc) is 2.55. The van der Waals surface area contributed by atoms with Gasteiger partial charge in [0.05, 0.1) is 0 Å². The monoisotopic (exact) mass is 239 g/mol. The van der Waals surface area contributed by atoms with E-state index in [9.17, 15) is 4.79 Å². The van der Waals surface area contributed by atoms with E-state index in [0.717, 1.165) is 52.1 Å². The van der Waals surface area contributed by atoms with Crippen molar-refractivity contribution in [3.63, 3.8) is 0 Å². The highest BCUT2D eigenvalue weighted by Crippen LogP contribution is 2.16. The molecule has 2 aliphatic heterocycles. The van der Waals surface area contributed by atoms with Crippen LogP contribution in [0.15, 0.2) is 0 Å². The van der Waals surface area contributed by atoms with Crippen molar-refractivity contribution in [1.29, 1.82) is 0 Å². The Hall–Kier alpha value is -0.610. The van der Waals surface area contributed by atoms with Gasteiger partial charge >= 0.3 is 0 Å². The van der Waals surface area contributed by atoms with Crippen molar-refractivity contribution in [1.82, 2.24) is 15.1 Å². The molecule has 2 fully saturated rings. The zero-order chi connectivity index (χ0) is 12.1. The van der Waals surface area contributed by atoms with Gasteiger partial charge in [-0.05, 0) is 51.9 Å². The number of nitrogens with zero attached hydrogens (tertiary/aromatic N) is 2. The summed E-state index contributed by atoms with van der Waals surface area (Å²) in [6, 6.07) is 0. The summed E-state index contributed by atoms with van der Waals surface area (Å²) in [5.74, 6) is 0.936. The Morgan fingerprint density at radius 1 is 1.24 bits per heavy atom. The lowest BCUT2D eigenvalue weighted by atomic mass is 9.95. The summed E-state index contributed by atoms with van der Waals surface area (Å²) >= 11 is 0. The summed E-state index contributed by atoms with van der Waals surface area (Å²) in [6.07, 6.45) is 4.30. The molecule has 1 atom stereocenters. The van der Waals surface area contributed by atoms with Crippen LogP contribution in [-0.2, 0) is 4.79 Å². The van der Waals surface area contributed by atoms with Gasteiger partial charge in [0.1, 0.15) is 0 Å². The van der Waals surface area contributed by atoms with Crippen LogP contribution in [0.2, 0.25) is 0 Å². The third-order valence-electron chi connectivity index (χ3n) is 3.93. The van der Waals surface area contributed by atoms with E-state index in [1.165, 1.54) is 12.8 Å². The molecule has 0 aliphatic carbocycles. The molecule has 1 unspecified atom stereocenters. The molecule has 0 saturated carbocycles. The van der Waals surface area contributed by atoms with E-state index < -0.39 is 0 Å². The van der Waals surface area contributed by atoms with E-state index in [1.807, 2.05) is 0 Å². The van der Waals surface area contributed by atoms with Gasteiger partial charge in [0, 0.05) is 26.1 Å². The van der Waals surface area contributed by atoms with Gasteiger partial charge in [0.25, 0.3) is 0 Å². The van der Waals surface area contributed by atoms with E-state index in [1.54, 1.807) is 0 Å². The molecule has 98 valence electrons. The highest BCUT2D eigenvalue weighted by molar-refractivity contribution is 5.76. The van der Waals surface area contributed by atoms with Crippen LogP contribution in [0.5, 0.6) is 0 Å². The fraction of sp³-hybridized carbons (Fsp3) is 0.923. The molecule has 0 aromatic carbocycles. The molecule has 17 heavy (non-hydrogen) atoms. The lowest BCUT2D eigenvalue weighted by Crippen LogP contribution is -2.38. The van der Waals surface area contributed by atoms with Gasteiger partial charge in [-0.25, -0.2) is 0 Å². The molecule has 2 heterocycles. The molecule has 2 aliphatic rings. The van der Waals surface area contributed by atoms with Crippen LogP contribution in [0.1, 0.15) is 25.7 Å². The summed E-state index contributed by atoms with van der Waals surface area (Å²) in [6.45, 7) is 6.15. The van der Waals surface area contributed by atoms with Crippen molar-refractivity contribution in [3.8, 4) is 0 Å². The van der Waals surface area contributed by atoms with Gasteiger partial charge in [-0.2, -0.15) is 0 Å². The van der Waals surface area contributed by atoms with Crippen molar-refractivity contribution >= 4 is 5.91 Å². The summed E-state index contributed by atoms with van der Waals surface area (Å²) < 4.78 is 0. The van der Waals surface area contributed by atoms with Crippen molar-refractivity contribution in [2.75, 3.05) is 46.3 Å². The minimum Gasteiger partial charge on any atom is -0.341 e. The standard InChI is InChI=1S/C13H25N3O/c1-15-6-3-7-16(9-8-15)13(17)10-12-4-2-5-14-11-12/h12,14H,2-11H2,1H3. The van der Waals surface area contributed by atoms with Gasteiger partial charge < -0.3 is 15.1 Å². The Labute approximate surface area is 104 Å². The average molecular weight is 239 g/mol. The summed E-state index contributed by atoms with van der Waals surface area (Å²) in [7, 11) is 2.14. The summed E-state index contributed by atoms with van der Waals surface area (Å²) in [4.78, 5) is 16.6. The maximum absolute atomic E-state index is 12.2. The van der Waals surface area contributed by atoms with E-state index >= 15 is 0 Å². The van der Waals surface area contributed by atoms with Gasteiger partial charge in [-0.3, -0.25) is 4.79 Å². The van der Waals surface area contributed by atoms with Crippen molar-refractivity contribution in [2.45, 2.75) is 25.7 Å². The third kappa shape index (κ3) is 3.96. The first-order valence-electron chi connectivity index (χ1n) is 6.93. The maximum atomic E-state index is 12.2. The van der Waals surface area contributed by atoms with Crippen LogP contribution in [0.4, 0.5) is 0 Å². The first-order chi connectivity index (χ1) is 8.25. The molecule has 0 spiro atoms. The van der Waals surface area contributed by atoms with E-state index in [2.05, 4.69) is 22.2 Å². The number of nitrogens with one attached hydrogen (secondary N) is 1. The fourth-order valence-corrected chi connectivity index (χ4v) is 2.77. The van der Waals surface area contributed by atoms with Crippen molar-refractivity contribution in [2.24, 2.45) is 5.92 Å². The third-order valence-corrected chi connectivity index (χ3v) is 3.93. The van der Waals surface area contributed by atoms with Gasteiger partial charge in [0.15, 0.2) is 0 Å². The number of amides is 1. The Morgan fingerprint density at radius 3 is 2.88 bits per heavy atom. The van der Waals surface area contributed by atoms with E-state index in [-0.39, 0.29) is 0 Å². The van der Waals surface area contributed by atoms with Crippen LogP contribution >= 0.6 is 0 Å². The second-order valence-electron chi connectivity index (χ2n) is 5.45. The maximum Gasteiger partial charge on any atom is 0.222 e. The molecule has 0 bridgehead atoms. The molecular formula is C13H25N3O. The summed E-state index contributed by atoms with van der Waals surface area (Å²) in [5.41, 5.74) is 0. The first-order valence-corrected chi connectivity index (χ1v) is 6.93. The number of hydrogen-bond acceptors (Lipinski definition) is 3. The Bertz CT molecular complexity index is 251. The lowest BCUT2D eigenvalue weighted by molar-refractivity contribution is -0.132. The Morgan fingerprint density at radius 2 is 2.12 bits per heavy atom. The second-order valence-corrected chi connectivity index (χ2v) is 5.45. The van der Waals surface area contributed by atoms with Crippen LogP contribution in [0.25, 0.3) is 0 Å². The predicted octanol–water partition coefficient (Wildman–Crippen LogP) is 0.540. The molecule has 4 nitrogen and oxygen atoms in total. The normalized spacial score (nSPS) is 27.8. The number of carbonyl (C=O) groups is 1. The molecule has 1 N–H and O–H groups in total. The molecule has 0 aromatic rings. The number of likely N-dealkylation sites (N-methyl/N-ethyl adjacent to an activating group) is 1. The van der Waals surface area contributed by atoms with Crippen LogP contribution < -0.4 is 5.32 Å². The minimum absolute atomic E-state index is 0.369. The second kappa shape index (κ2) is 6.36. The van der Waals surface area contributed by atoms with Gasteiger partial charge in [0.2, 0.25) is 5.91 Å². The quantitative estimate of drug-likeness (QED) is 0.764. The van der Waals surface area contributed by atoms with Crippen molar-refractivity contribution in [3.05, 3.63) is 0 Å². The van der Waals surface area contributed by atoms with Gasteiger partial charge in [-0.1, -0.05) is 0 Å². The molecule has 2 saturated heterocycles. The number of carbonyl (C=O) groups excluding carboxylic acids is 1. The highest BCUT2D eigenvalue weighted by Gasteiger charge is 2.22. The zero-order valence-corrected chi connectivity index (χ0v) is 11.0. The van der Waals surface area contributed by atoms with E-state index in [0.29, 0.717) is 11.8 Å². The zero-order valence-electron chi connectivity index (χ0n) is 11.0. The lowest BCUT2D eigenvalue weighted by Gasteiger charge is -2.26. The van der Waals surface area contributed by atoms with E-state index in [4.69, 9.17) is 0 Å². The number of piperidine rings is 1. The topological polar surface area (TPSA) is 35.6 Å². The molecule has 1 amide bonds. The molecule has 0 radical (unpaired) electrons. The summed E-state index contributed by atoms with van der Waals surface area (Å²) in [5, 5.41) is 3.38. The molecular weight excluding hydrogens is 214 g/mol. The minimum atomic E-state index is 0.369. The molecule has 4 heteroatoms. The van der Waals surface area contributed by atoms with Crippen LogP contribution in [0.3, 0.4) is 0 Å². The fourth-order valence-electron chi connectivity index (χ4n) is 2.77.